The molecule has 0 aliphatic heterocycles. The number of alkyl halides is 3. The van der Waals surface area contributed by atoms with Crippen LogP contribution in [-0.2, 0) is 6.18 Å². The van der Waals surface area contributed by atoms with Crippen LogP contribution in [0.4, 0.5) is 13.2 Å². The molecular weight excluding hydrogens is 269 g/mol. The number of halogens is 3. The van der Waals surface area contributed by atoms with Crippen molar-refractivity contribution < 1.29 is 22.7 Å². The summed E-state index contributed by atoms with van der Waals surface area (Å²) in [6, 6.07) is 9.82. The van der Waals surface area contributed by atoms with E-state index in [1.807, 2.05) is 0 Å². The second kappa shape index (κ2) is 4.30. The largest absolute Gasteiger partial charge is 0.507 e. The molecule has 0 spiro atoms. The molecule has 3 aromatic rings. The molecule has 0 saturated carbocycles. The van der Waals surface area contributed by atoms with E-state index in [1.54, 1.807) is 24.3 Å². The van der Waals surface area contributed by atoms with E-state index < -0.39 is 11.7 Å². The van der Waals surface area contributed by atoms with Crippen molar-refractivity contribution in [3.8, 4) is 17.1 Å². The zero-order valence-corrected chi connectivity index (χ0v) is 10.1. The van der Waals surface area contributed by atoms with Gasteiger partial charge in [-0.3, -0.25) is 0 Å². The maximum absolute atomic E-state index is 12.7. The second-order valence-electron chi connectivity index (χ2n) is 4.38. The van der Waals surface area contributed by atoms with Gasteiger partial charge in [-0.05, 0) is 18.2 Å². The van der Waals surface area contributed by atoms with E-state index in [1.165, 1.54) is 6.26 Å². The minimum absolute atomic E-state index is 0.0287. The lowest BCUT2D eigenvalue weighted by molar-refractivity contribution is -0.137. The number of hydrogen-bond acceptors (Lipinski definition) is 2. The fourth-order valence-electron chi connectivity index (χ4n) is 2.10. The van der Waals surface area contributed by atoms with Crippen LogP contribution in [0.3, 0.4) is 0 Å². The Morgan fingerprint density at radius 1 is 1.00 bits per heavy atom. The first-order valence-corrected chi connectivity index (χ1v) is 5.83. The molecule has 0 fully saturated rings. The SMILES string of the molecule is Oc1ccc(C(F)(F)F)cc1-c1occ2ccccc12. The van der Waals surface area contributed by atoms with Crippen LogP contribution in [0.5, 0.6) is 5.75 Å². The van der Waals surface area contributed by atoms with Crippen molar-refractivity contribution in [2.24, 2.45) is 0 Å². The van der Waals surface area contributed by atoms with E-state index in [2.05, 4.69) is 0 Å². The van der Waals surface area contributed by atoms with Crippen molar-refractivity contribution >= 4 is 10.8 Å². The maximum Gasteiger partial charge on any atom is 0.416 e. The molecule has 0 atom stereocenters. The predicted octanol–water partition coefficient (Wildman–Crippen LogP) is 4.82. The molecule has 0 bridgehead atoms. The van der Waals surface area contributed by atoms with Gasteiger partial charge in [0.2, 0.25) is 0 Å². The van der Waals surface area contributed by atoms with Gasteiger partial charge in [0.15, 0.2) is 0 Å². The monoisotopic (exact) mass is 278 g/mol. The third-order valence-corrected chi connectivity index (χ3v) is 3.08. The molecule has 3 rings (SSSR count). The Morgan fingerprint density at radius 3 is 2.50 bits per heavy atom. The maximum atomic E-state index is 12.7. The average molecular weight is 278 g/mol. The summed E-state index contributed by atoms with van der Waals surface area (Å²) in [7, 11) is 0. The van der Waals surface area contributed by atoms with Gasteiger partial charge in [-0.1, -0.05) is 24.3 Å². The van der Waals surface area contributed by atoms with Crippen LogP contribution in [-0.4, -0.2) is 5.11 Å². The van der Waals surface area contributed by atoms with Crippen molar-refractivity contribution in [1.29, 1.82) is 0 Å². The van der Waals surface area contributed by atoms with Crippen molar-refractivity contribution in [3.05, 3.63) is 54.3 Å². The summed E-state index contributed by atoms with van der Waals surface area (Å²) in [6.45, 7) is 0. The van der Waals surface area contributed by atoms with Gasteiger partial charge in [-0.2, -0.15) is 13.2 Å². The summed E-state index contributed by atoms with van der Waals surface area (Å²) < 4.78 is 43.6. The topological polar surface area (TPSA) is 33.4 Å². The summed E-state index contributed by atoms with van der Waals surface area (Å²) in [4.78, 5) is 0. The Hall–Kier alpha value is -2.43. The first-order chi connectivity index (χ1) is 9.47. The predicted molar refractivity (Wildman–Crippen MR) is 68.3 cm³/mol. The van der Waals surface area contributed by atoms with E-state index in [4.69, 9.17) is 4.42 Å². The van der Waals surface area contributed by atoms with Crippen LogP contribution in [0.1, 0.15) is 5.56 Å². The molecule has 0 amide bonds. The zero-order valence-electron chi connectivity index (χ0n) is 10.1. The Bertz CT molecular complexity index is 772. The average Bonchev–Trinajstić information content (AvgIpc) is 2.82. The van der Waals surface area contributed by atoms with E-state index in [9.17, 15) is 18.3 Å². The summed E-state index contributed by atoms with van der Waals surface area (Å²) in [5, 5.41) is 11.2. The van der Waals surface area contributed by atoms with E-state index >= 15 is 0 Å². The third kappa shape index (κ3) is 2.01. The fraction of sp³-hybridized carbons (Fsp3) is 0.0667. The van der Waals surface area contributed by atoms with Gasteiger partial charge < -0.3 is 9.52 Å². The highest BCUT2D eigenvalue weighted by Gasteiger charge is 2.31. The highest BCUT2D eigenvalue weighted by molar-refractivity contribution is 5.95. The molecule has 5 heteroatoms. The van der Waals surface area contributed by atoms with Crippen LogP contribution in [0.25, 0.3) is 22.1 Å². The molecule has 1 aromatic heterocycles. The first kappa shape index (κ1) is 12.6. The smallest absolute Gasteiger partial charge is 0.416 e. The normalized spacial score (nSPS) is 11.9. The number of hydrogen-bond donors (Lipinski definition) is 1. The minimum atomic E-state index is -4.47. The lowest BCUT2D eigenvalue weighted by atomic mass is 10.0. The van der Waals surface area contributed by atoms with Crippen LogP contribution in [0, 0.1) is 0 Å². The Morgan fingerprint density at radius 2 is 1.75 bits per heavy atom. The van der Waals surface area contributed by atoms with Crippen LogP contribution in [0.2, 0.25) is 0 Å². The van der Waals surface area contributed by atoms with Crippen LogP contribution >= 0.6 is 0 Å². The second-order valence-corrected chi connectivity index (χ2v) is 4.38. The summed E-state index contributed by atoms with van der Waals surface area (Å²) in [5.41, 5.74) is -0.799. The van der Waals surface area contributed by atoms with E-state index in [0.29, 0.717) is 5.39 Å². The molecule has 0 aliphatic rings. The van der Waals surface area contributed by atoms with Gasteiger partial charge in [0.05, 0.1) is 17.4 Å². The fourth-order valence-corrected chi connectivity index (χ4v) is 2.10. The first-order valence-electron chi connectivity index (χ1n) is 5.83. The van der Waals surface area contributed by atoms with Gasteiger partial charge in [0.1, 0.15) is 11.5 Å². The quantitative estimate of drug-likeness (QED) is 0.692. The molecule has 2 aromatic carbocycles. The molecule has 20 heavy (non-hydrogen) atoms. The summed E-state index contributed by atoms with van der Waals surface area (Å²) in [6.07, 6.45) is -3.02. The molecule has 2 nitrogen and oxygen atoms in total. The van der Waals surface area contributed by atoms with Crippen molar-refractivity contribution in [3.63, 3.8) is 0 Å². The molecule has 1 N–H and O–H groups in total. The lowest BCUT2D eigenvalue weighted by Gasteiger charge is -2.09. The molecule has 0 unspecified atom stereocenters. The Kier molecular flexibility index (Phi) is 2.71. The number of phenols is 1. The zero-order chi connectivity index (χ0) is 14.3. The summed E-state index contributed by atoms with van der Waals surface area (Å²) in [5.74, 6) is -0.0256. The minimum Gasteiger partial charge on any atom is -0.507 e. The van der Waals surface area contributed by atoms with Gasteiger partial charge in [-0.25, -0.2) is 0 Å². The molecular formula is C15H9F3O2. The highest BCUT2D eigenvalue weighted by Crippen LogP contribution is 2.39. The molecule has 0 saturated heterocycles. The standard InChI is InChI=1S/C15H9F3O2/c16-15(17,18)10-5-6-13(19)12(7-10)14-11-4-2-1-3-9(11)8-20-14/h1-8,19H. The van der Waals surface area contributed by atoms with Crippen molar-refractivity contribution in [2.75, 3.05) is 0 Å². The summed E-state index contributed by atoms with van der Waals surface area (Å²) >= 11 is 0. The lowest BCUT2D eigenvalue weighted by Crippen LogP contribution is -2.04. The van der Waals surface area contributed by atoms with Crippen LogP contribution in [0.15, 0.2) is 53.1 Å². The number of fused-ring (bicyclic) bond motifs is 1. The van der Waals surface area contributed by atoms with Crippen molar-refractivity contribution in [1.82, 2.24) is 0 Å². The highest BCUT2D eigenvalue weighted by atomic mass is 19.4. The van der Waals surface area contributed by atoms with E-state index in [0.717, 1.165) is 23.6 Å². The van der Waals surface area contributed by atoms with Crippen molar-refractivity contribution in [2.45, 2.75) is 6.18 Å². The molecule has 0 aliphatic carbocycles. The third-order valence-electron chi connectivity index (χ3n) is 3.08. The molecule has 102 valence electrons. The number of furan rings is 1. The van der Waals surface area contributed by atoms with E-state index in [-0.39, 0.29) is 17.1 Å². The van der Waals surface area contributed by atoms with Gasteiger partial charge >= 0.3 is 6.18 Å². The Balaban J connectivity index is 2.24. The number of rotatable bonds is 1. The number of benzene rings is 2. The van der Waals surface area contributed by atoms with Crippen LogP contribution < -0.4 is 0 Å². The molecule has 0 radical (unpaired) electrons. The van der Waals surface area contributed by atoms with Gasteiger partial charge in [-0.15, -0.1) is 0 Å². The van der Waals surface area contributed by atoms with Gasteiger partial charge in [0.25, 0.3) is 0 Å². The number of aromatic hydroxyl groups is 1. The molecule has 1 heterocycles. The number of phenolic OH excluding ortho intramolecular Hbond substituents is 1. The van der Waals surface area contributed by atoms with Gasteiger partial charge in [0, 0.05) is 10.8 Å². The Labute approximate surface area is 112 Å².